The first-order valence-corrected chi connectivity index (χ1v) is 7.05. The highest BCUT2D eigenvalue weighted by Gasteiger charge is 2.28. The molecule has 2 rings (SSSR count). The lowest BCUT2D eigenvalue weighted by Gasteiger charge is -2.23. The van der Waals surface area contributed by atoms with E-state index in [4.69, 9.17) is 4.74 Å². The van der Waals surface area contributed by atoms with Gasteiger partial charge in [-0.1, -0.05) is 6.07 Å². The van der Waals surface area contributed by atoms with Gasteiger partial charge in [-0.2, -0.15) is 11.8 Å². The number of nitrogens with one attached hydrogen (secondary N) is 1. The number of thioether (sulfide) groups is 1. The van der Waals surface area contributed by atoms with Crippen LogP contribution in [0, 0.1) is 0 Å². The van der Waals surface area contributed by atoms with Gasteiger partial charge >= 0.3 is 0 Å². The van der Waals surface area contributed by atoms with E-state index in [1.54, 1.807) is 13.3 Å². The highest BCUT2D eigenvalue weighted by molar-refractivity contribution is 8.00. The Morgan fingerprint density at radius 2 is 2.47 bits per heavy atom. The smallest absolute Gasteiger partial charge is 0.217 e. The molecule has 0 radical (unpaired) electrons. The number of methoxy groups -OCH3 is 1. The van der Waals surface area contributed by atoms with Gasteiger partial charge in [0.1, 0.15) is 0 Å². The van der Waals surface area contributed by atoms with E-state index in [9.17, 15) is 0 Å². The van der Waals surface area contributed by atoms with Gasteiger partial charge < -0.3 is 10.1 Å². The Bertz CT molecular complexity index is 364. The molecule has 1 fully saturated rings. The lowest BCUT2D eigenvalue weighted by atomic mass is 10.1. The standard InChI is InChI=1S/C13H20N2OS/c1-13(6-4-8-17-13)10-14-9-11-5-3-7-15-12(11)16-2/h3,5,7,14H,4,6,8-10H2,1-2H3. The first kappa shape index (κ1) is 12.7. The summed E-state index contributed by atoms with van der Waals surface area (Å²) in [7, 11) is 1.67. The molecule has 0 aromatic carbocycles. The second-order valence-corrected chi connectivity index (χ2v) is 6.36. The highest BCUT2D eigenvalue weighted by Crippen LogP contribution is 2.37. The molecule has 1 N–H and O–H groups in total. The first-order chi connectivity index (χ1) is 8.23. The Kier molecular flexibility index (Phi) is 4.29. The van der Waals surface area contributed by atoms with Crippen molar-refractivity contribution in [3.05, 3.63) is 23.9 Å². The number of nitrogens with zero attached hydrogens (tertiary/aromatic N) is 1. The summed E-state index contributed by atoms with van der Waals surface area (Å²) in [5.41, 5.74) is 1.13. The number of pyridine rings is 1. The molecule has 0 bridgehead atoms. The summed E-state index contributed by atoms with van der Waals surface area (Å²) in [4.78, 5) is 4.20. The van der Waals surface area contributed by atoms with Crippen LogP contribution < -0.4 is 10.1 Å². The van der Waals surface area contributed by atoms with Gasteiger partial charge in [0.05, 0.1) is 7.11 Å². The summed E-state index contributed by atoms with van der Waals surface area (Å²) in [5, 5.41) is 3.52. The summed E-state index contributed by atoms with van der Waals surface area (Å²) in [5.74, 6) is 2.03. The van der Waals surface area contributed by atoms with E-state index in [0.717, 1.165) is 24.5 Å². The van der Waals surface area contributed by atoms with E-state index >= 15 is 0 Å². The normalized spacial score (nSPS) is 23.9. The van der Waals surface area contributed by atoms with Crippen molar-refractivity contribution in [2.24, 2.45) is 0 Å². The van der Waals surface area contributed by atoms with Crippen LogP contribution in [0.3, 0.4) is 0 Å². The highest BCUT2D eigenvalue weighted by atomic mass is 32.2. The van der Waals surface area contributed by atoms with Crippen molar-refractivity contribution in [2.45, 2.75) is 31.1 Å². The molecule has 1 saturated heterocycles. The first-order valence-electron chi connectivity index (χ1n) is 6.06. The molecule has 3 nitrogen and oxygen atoms in total. The Morgan fingerprint density at radius 1 is 1.59 bits per heavy atom. The minimum atomic E-state index is 0.412. The van der Waals surface area contributed by atoms with E-state index in [-0.39, 0.29) is 0 Å². The van der Waals surface area contributed by atoms with Crippen LogP contribution in [0.25, 0.3) is 0 Å². The summed E-state index contributed by atoms with van der Waals surface area (Å²) in [6, 6.07) is 4.01. The van der Waals surface area contributed by atoms with Crippen LogP contribution >= 0.6 is 11.8 Å². The van der Waals surface area contributed by atoms with Gasteiger partial charge in [-0.3, -0.25) is 0 Å². The maximum absolute atomic E-state index is 5.24. The van der Waals surface area contributed by atoms with Gasteiger partial charge in [0.15, 0.2) is 0 Å². The zero-order chi connectivity index (χ0) is 12.1. The fraction of sp³-hybridized carbons (Fsp3) is 0.615. The van der Waals surface area contributed by atoms with Gasteiger partial charge in [0.2, 0.25) is 5.88 Å². The zero-order valence-corrected chi connectivity index (χ0v) is 11.3. The Labute approximate surface area is 107 Å². The van der Waals surface area contributed by atoms with Gasteiger partial charge in [-0.15, -0.1) is 0 Å². The molecule has 17 heavy (non-hydrogen) atoms. The monoisotopic (exact) mass is 252 g/mol. The average Bonchev–Trinajstić information content (AvgIpc) is 2.77. The Hall–Kier alpha value is -0.740. The van der Waals surface area contributed by atoms with E-state index in [0.29, 0.717) is 4.75 Å². The molecule has 1 aliphatic heterocycles. The van der Waals surface area contributed by atoms with Crippen molar-refractivity contribution >= 4 is 11.8 Å². The molecule has 1 aromatic rings. The third-order valence-electron chi connectivity index (χ3n) is 3.16. The molecular formula is C13H20N2OS. The molecule has 1 atom stereocenters. The minimum Gasteiger partial charge on any atom is -0.481 e. The largest absolute Gasteiger partial charge is 0.481 e. The average molecular weight is 252 g/mol. The summed E-state index contributed by atoms with van der Waals surface area (Å²) >= 11 is 2.08. The topological polar surface area (TPSA) is 34.1 Å². The predicted octanol–water partition coefficient (Wildman–Crippen LogP) is 2.47. The molecule has 0 spiro atoms. The van der Waals surface area contributed by atoms with Crippen LogP contribution in [0.5, 0.6) is 5.88 Å². The Balaban J connectivity index is 1.85. The quantitative estimate of drug-likeness (QED) is 0.873. The van der Waals surface area contributed by atoms with Gasteiger partial charge in [0.25, 0.3) is 0 Å². The molecule has 94 valence electrons. The predicted molar refractivity (Wildman–Crippen MR) is 72.6 cm³/mol. The Morgan fingerprint density at radius 3 is 3.18 bits per heavy atom. The van der Waals surface area contributed by atoms with Crippen molar-refractivity contribution in [3.8, 4) is 5.88 Å². The minimum absolute atomic E-state index is 0.412. The zero-order valence-electron chi connectivity index (χ0n) is 10.5. The SMILES string of the molecule is COc1ncccc1CNCC1(C)CCCS1. The van der Waals surface area contributed by atoms with Gasteiger partial charge in [0, 0.05) is 29.6 Å². The van der Waals surface area contributed by atoms with Crippen LogP contribution in [-0.4, -0.2) is 29.1 Å². The van der Waals surface area contributed by atoms with Crippen LogP contribution in [0.4, 0.5) is 0 Å². The molecule has 0 amide bonds. The second kappa shape index (κ2) is 5.74. The van der Waals surface area contributed by atoms with E-state index in [1.807, 2.05) is 6.07 Å². The summed E-state index contributed by atoms with van der Waals surface area (Å²) in [6.45, 7) is 4.22. The fourth-order valence-corrected chi connectivity index (χ4v) is 3.45. The van der Waals surface area contributed by atoms with Crippen molar-refractivity contribution in [3.63, 3.8) is 0 Å². The number of aromatic nitrogens is 1. The molecule has 0 saturated carbocycles. The summed E-state index contributed by atoms with van der Waals surface area (Å²) < 4.78 is 5.65. The molecule has 1 aliphatic rings. The lowest BCUT2D eigenvalue weighted by molar-refractivity contribution is 0.389. The van der Waals surface area contributed by atoms with Crippen LogP contribution in [0.15, 0.2) is 18.3 Å². The second-order valence-electron chi connectivity index (χ2n) is 4.68. The molecule has 1 aromatic heterocycles. The van der Waals surface area contributed by atoms with E-state index in [1.165, 1.54) is 18.6 Å². The molecular weight excluding hydrogens is 232 g/mol. The third-order valence-corrected chi connectivity index (χ3v) is 4.70. The fourth-order valence-electron chi connectivity index (χ4n) is 2.18. The summed E-state index contributed by atoms with van der Waals surface area (Å²) in [6.07, 6.45) is 4.42. The van der Waals surface area contributed by atoms with E-state index in [2.05, 4.69) is 35.1 Å². The third kappa shape index (κ3) is 3.36. The van der Waals surface area contributed by atoms with Gasteiger partial charge in [-0.25, -0.2) is 4.98 Å². The van der Waals surface area contributed by atoms with Gasteiger partial charge in [-0.05, 0) is 31.6 Å². The molecule has 0 aliphatic carbocycles. The van der Waals surface area contributed by atoms with Crippen molar-refractivity contribution in [2.75, 3.05) is 19.4 Å². The number of hydrogen-bond acceptors (Lipinski definition) is 4. The lowest BCUT2D eigenvalue weighted by Crippen LogP contribution is -2.32. The van der Waals surface area contributed by atoms with Crippen molar-refractivity contribution < 1.29 is 4.74 Å². The van der Waals surface area contributed by atoms with Crippen LogP contribution in [0.1, 0.15) is 25.3 Å². The number of ether oxygens (including phenoxy) is 1. The van der Waals surface area contributed by atoms with Crippen LogP contribution in [-0.2, 0) is 6.54 Å². The maximum Gasteiger partial charge on any atom is 0.217 e. The molecule has 1 unspecified atom stereocenters. The van der Waals surface area contributed by atoms with E-state index < -0.39 is 0 Å². The number of hydrogen-bond donors (Lipinski definition) is 1. The van der Waals surface area contributed by atoms with Crippen LogP contribution in [0.2, 0.25) is 0 Å². The molecule has 4 heteroatoms. The number of rotatable bonds is 5. The molecule has 2 heterocycles. The van der Waals surface area contributed by atoms with Crippen molar-refractivity contribution in [1.82, 2.24) is 10.3 Å². The maximum atomic E-state index is 5.24. The van der Waals surface area contributed by atoms with Crippen molar-refractivity contribution in [1.29, 1.82) is 0 Å².